The van der Waals surface area contributed by atoms with Gasteiger partial charge in [0.25, 0.3) is 5.91 Å². The second-order valence-electron chi connectivity index (χ2n) is 5.92. The van der Waals surface area contributed by atoms with Gasteiger partial charge >= 0.3 is 0 Å². The molecule has 0 unspecified atom stereocenters. The molecule has 0 aromatic carbocycles. The number of thiazole rings is 1. The highest BCUT2D eigenvalue weighted by molar-refractivity contribution is 7.11. The molecule has 0 spiro atoms. The summed E-state index contributed by atoms with van der Waals surface area (Å²) in [5, 5.41) is 0.957. The molecule has 1 aliphatic rings. The zero-order chi connectivity index (χ0) is 16.2. The van der Waals surface area contributed by atoms with Gasteiger partial charge in [-0.1, -0.05) is 6.07 Å². The lowest BCUT2D eigenvalue weighted by Gasteiger charge is -2.21. The molecular formula is C17H22N4OS. The van der Waals surface area contributed by atoms with E-state index in [0.717, 1.165) is 49.0 Å². The summed E-state index contributed by atoms with van der Waals surface area (Å²) >= 11 is 1.59. The average Bonchev–Trinajstić information content (AvgIpc) is 2.74. The quantitative estimate of drug-likeness (QED) is 0.868. The van der Waals surface area contributed by atoms with E-state index in [1.54, 1.807) is 17.5 Å². The maximum absolute atomic E-state index is 12.7. The number of hydrogen-bond acceptors (Lipinski definition) is 5. The number of carbonyl (C=O) groups excluding carboxylic acids is 1. The van der Waals surface area contributed by atoms with E-state index in [1.165, 1.54) is 5.56 Å². The Morgan fingerprint density at radius 3 is 2.83 bits per heavy atom. The number of aryl methyl sites for hydroxylation is 2. The van der Waals surface area contributed by atoms with Crippen molar-refractivity contribution < 1.29 is 4.79 Å². The molecule has 5 nitrogen and oxygen atoms in total. The third-order valence-electron chi connectivity index (χ3n) is 4.11. The van der Waals surface area contributed by atoms with Crippen LogP contribution in [0.25, 0.3) is 0 Å². The Morgan fingerprint density at radius 2 is 2.13 bits per heavy atom. The molecule has 1 saturated heterocycles. The second kappa shape index (κ2) is 7.19. The number of amides is 1. The van der Waals surface area contributed by atoms with Crippen LogP contribution in [0.5, 0.6) is 0 Å². The first-order valence-corrected chi connectivity index (χ1v) is 8.79. The molecule has 2 aromatic rings. The van der Waals surface area contributed by atoms with Crippen LogP contribution in [0.2, 0.25) is 0 Å². The SMILES string of the molecule is Cc1nc(C(=O)N2CCCN(Cc3cccnc3)CC2)c(C)s1. The van der Waals surface area contributed by atoms with E-state index in [-0.39, 0.29) is 5.91 Å². The van der Waals surface area contributed by atoms with Crippen LogP contribution in [0.15, 0.2) is 24.5 Å². The summed E-state index contributed by atoms with van der Waals surface area (Å²) in [6.07, 6.45) is 4.70. The molecule has 1 aliphatic heterocycles. The topological polar surface area (TPSA) is 49.3 Å². The Morgan fingerprint density at radius 1 is 1.26 bits per heavy atom. The highest BCUT2D eigenvalue weighted by Crippen LogP contribution is 2.19. The van der Waals surface area contributed by atoms with Crippen LogP contribution >= 0.6 is 11.3 Å². The lowest BCUT2D eigenvalue weighted by molar-refractivity contribution is 0.0755. The molecule has 0 aliphatic carbocycles. The Balaban J connectivity index is 1.62. The van der Waals surface area contributed by atoms with Crippen molar-refractivity contribution in [3.8, 4) is 0 Å². The fourth-order valence-corrected chi connectivity index (χ4v) is 3.77. The van der Waals surface area contributed by atoms with Gasteiger partial charge in [0.1, 0.15) is 5.69 Å². The molecule has 3 heterocycles. The van der Waals surface area contributed by atoms with E-state index >= 15 is 0 Å². The minimum Gasteiger partial charge on any atom is -0.336 e. The average molecular weight is 330 g/mol. The highest BCUT2D eigenvalue weighted by Gasteiger charge is 2.23. The van der Waals surface area contributed by atoms with Gasteiger partial charge in [-0.15, -0.1) is 11.3 Å². The van der Waals surface area contributed by atoms with E-state index < -0.39 is 0 Å². The van der Waals surface area contributed by atoms with Crippen molar-refractivity contribution in [3.63, 3.8) is 0 Å². The standard InChI is InChI=1S/C17H22N4OS/c1-13-16(19-14(2)23-13)17(22)21-8-4-7-20(9-10-21)12-15-5-3-6-18-11-15/h3,5-6,11H,4,7-10,12H2,1-2H3. The van der Waals surface area contributed by atoms with Crippen LogP contribution in [0, 0.1) is 13.8 Å². The predicted molar refractivity (Wildman–Crippen MR) is 91.6 cm³/mol. The van der Waals surface area contributed by atoms with Gasteiger partial charge in [-0.05, 0) is 31.9 Å². The molecular weight excluding hydrogens is 308 g/mol. The fraction of sp³-hybridized carbons (Fsp3) is 0.471. The molecule has 6 heteroatoms. The van der Waals surface area contributed by atoms with Crippen molar-refractivity contribution in [1.29, 1.82) is 0 Å². The first-order valence-electron chi connectivity index (χ1n) is 7.98. The van der Waals surface area contributed by atoms with Crippen LogP contribution in [0.3, 0.4) is 0 Å². The number of hydrogen-bond donors (Lipinski definition) is 0. The maximum atomic E-state index is 12.7. The Bertz CT molecular complexity index is 670. The van der Waals surface area contributed by atoms with Crippen molar-refractivity contribution >= 4 is 17.2 Å². The van der Waals surface area contributed by atoms with Crippen LogP contribution in [-0.4, -0.2) is 51.9 Å². The van der Waals surface area contributed by atoms with Crippen molar-refractivity contribution in [1.82, 2.24) is 19.8 Å². The summed E-state index contributed by atoms with van der Waals surface area (Å²) in [5.74, 6) is 0.0788. The summed E-state index contributed by atoms with van der Waals surface area (Å²) in [7, 11) is 0. The van der Waals surface area contributed by atoms with E-state index in [9.17, 15) is 4.79 Å². The van der Waals surface area contributed by atoms with Gasteiger partial charge in [0.15, 0.2) is 0 Å². The smallest absolute Gasteiger partial charge is 0.273 e. The third-order valence-corrected chi connectivity index (χ3v) is 5.00. The van der Waals surface area contributed by atoms with Gasteiger partial charge < -0.3 is 4.90 Å². The zero-order valence-electron chi connectivity index (χ0n) is 13.7. The lowest BCUT2D eigenvalue weighted by atomic mass is 10.2. The van der Waals surface area contributed by atoms with Crippen molar-refractivity contribution in [3.05, 3.63) is 45.7 Å². The second-order valence-corrected chi connectivity index (χ2v) is 7.33. The molecule has 0 atom stereocenters. The molecule has 1 amide bonds. The summed E-state index contributed by atoms with van der Waals surface area (Å²) in [6.45, 7) is 8.28. The van der Waals surface area contributed by atoms with Crippen LogP contribution < -0.4 is 0 Å². The third kappa shape index (κ3) is 3.95. The summed E-state index contributed by atoms with van der Waals surface area (Å²) in [5.41, 5.74) is 1.85. The highest BCUT2D eigenvalue weighted by atomic mass is 32.1. The summed E-state index contributed by atoms with van der Waals surface area (Å²) < 4.78 is 0. The minimum atomic E-state index is 0.0788. The van der Waals surface area contributed by atoms with Crippen LogP contribution in [-0.2, 0) is 6.54 Å². The zero-order valence-corrected chi connectivity index (χ0v) is 14.5. The van der Waals surface area contributed by atoms with E-state index in [0.29, 0.717) is 5.69 Å². The molecule has 3 rings (SSSR count). The molecule has 0 bridgehead atoms. The normalized spacial score (nSPS) is 16.3. The van der Waals surface area contributed by atoms with Crippen LogP contribution in [0.4, 0.5) is 0 Å². The molecule has 0 N–H and O–H groups in total. The first-order chi connectivity index (χ1) is 11.1. The number of pyridine rings is 1. The monoisotopic (exact) mass is 330 g/mol. The largest absolute Gasteiger partial charge is 0.336 e. The molecule has 0 saturated carbocycles. The van der Waals surface area contributed by atoms with E-state index in [1.807, 2.05) is 31.0 Å². The number of nitrogens with zero attached hydrogens (tertiary/aromatic N) is 4. The first kappa shape index (κ1) is 16.1. The Hall–Kier alpha value is -1.79. The molecule has 23 heavy (non-hydrogen) atoms. The van der Waals surface area contributed by atoms with Crippen molar-refractivity contribution in [2.75, 3.05) is 26.2 Å². The van der Waals surface area contributed by atoms with Gasteiger partial charge in [0.2, 0.25) is 0 Å². The van der Waals surface area contributed by atoms with Crippen LogP contribution in [0.1, 0.15) is 32.4 Å². The number of carbonyl (C=O) groups is 1. The van der Waals surface area contributed by atoms with E-state index in [4.69, 9.17) is 0 Å². The molecule has 0 radical (unpaired) electrons. The molecule has 1 fully saturated rings. The van der Waals surface area contributed by atoms with Gasteiger partial charge in [0, 0.05) is 50.0 Å². The van der Waals surface area contributed by atoms with Crippen molar-refractivity contribution in [2.45, 2.75) is 26.8 Å². The summed E-state index contributed by atoms with van der Waals surface area (Å²) in [6, 6.07) is 4.07. The predicted octanol–water partition coefficient (Wildman–Crippen LogP) is 2.50. The minimum absolute atomic E-state index is 0.0788. The molecule has 2 aromatic heterocycles. The van der Waals surface area contributed by atoms with Gasteiger partial charge in [0.05, 0.1) is 5.01 Å². The molecule has 122 valence electrons. The van der Waals surface area contributed by atoms with Crippen molar-refractivity contribution in [2.24, 2.45) is 0 Å². The van der Waals surface area contributed by atoms with Gasteiger partial charge in [-0.3, -0.25) is 14.7 Å². The maximum Gasteiger partial charge on any atom is 0.273 e. The lowest BCUT2D eigenvalue weighted by Crippen LogP contribution is -2.35. The number of rotatable bonds is 3. The fourth-order valence-electron chi connectivity index (χ4n) is 2.96. The Labute approximate surface area is 141 Å². The van der Waals surface area contributed by atoms with Gasteiger partial charge in [-0.2, -0.15) is 0 Å². The number of aromatic nitrogens is 2. The van der Waals surface area contributed by atoms with E-state index in [2.05, 4.69) is 20.9 Å². The van der Waals surface area contributed by atoms with Gasteiger partial charge in [-0.25, -0.2) is 4.98 Å². The Kier molecular flexibility index (Phi) is 5.03. The summed E-state index contributed by atoms with van der Waals surface area (Å²) in [4.78, 5) is 26.6.